The second-order valence-electron chi connectivity index (χ2n) is 28.2. The first-order valence-corrected chi connectivity index (χ1v) is 38.8. The van der Waals surface area contributed by atoms with Gasteiger partial charge in [-0.2, -0.15) is 119 Å². The summed E-state index contributed by atoms with van der Waals surface area (Å²) < 4.78 is 419. The number of benzene rings is 7. The predicted molar refractivity (Wildman–Crippen MR) is 408 cm³/mol. The van der Waals surface area contributed by atoms with E-state index in [1.54, 1.807) is 72.8 Å². The fourth-order valence-electron chi connectivity index (χ4n) is 9.91. The first-order chi connectivity index (χ1) is 58.0. The average molecular weight is 2470 g/mol. The molecule has 0 spiro atoms. The molecule has 8 nitrogen and oxygen atoms in total. The molecule has 0 aliphatic carbocycles. The third-order valence-corrected chi connectivity index (χ3v) is 22.8. The Morgan fingerprint density at radius 1 is 0.346 bits per heavy atom. The summed E-state index contributed by atoms with van der Waals surface area (Å²) in [5.41, 5.74) is -22.4. The molecule has 46 heteroatoms. The molecule has 4 N–H and O–H groups in total. The molecule has 10 aromatic rings. The molecule has 10 rings (SSSR count). The molecule has 0 atom stereocenters. The van der Waals surface area contributed by atoms with Gasteiger partial charge < -0.3 is 42.3 Å². The van der Waals surface area contributed by atoms with Crippen molar-refractivity contribution in [3.8, 4) is 33.8 Å². The number of hydrogen-bond donors (Lipinski definition) is 4. The van der Waals surface area contributed by atoms with Crippen LogP contribution in [0.3, 0.4) is 0 Å². The van der Waals surface area contributed by atoms with Crippen LogP contribution in [0.5, 0.6) is 0 Å². The molecule has 0 saturated carbocycles. The van der Waals surface area contributed by atoms with Crippen molar-refractivity contribution in [3.05, 3.63) is 301 Å². The van der Waals surface area contributed by atoms with E-state index in [0.29, 0.717) is 39.4 Å². The maximum Gasteiger partial charge on any atom is 0 e. The Labute approximate surface area is 762 Å². The van der Waals surface area contributed by atoms with Crippen molar-refractivity contribution in [2.75, 3.05) is 12.3 Å². The summed E-state index contributed by atoms with van der Waals surface area (Å²) in [4.78, 5) is 22.6. The quantitative estimate of drug-likeness (QED) is 0.0295. The van der Waals surface area contributed by atoms with E-state index in [9.17, 15) is 165 Å². The van der Waals surface area contributed by atoms with Crippen molar-refractivity contribution in [2.45, 2.75) is 120 Å². The van der Waals surface area contributed by atoms with Crippen molar-refractivity contribution in [2.24, 2.45) is 10.8 Å². The van der Waals surface area contributed by atoms with Gasteiger partial charge in [-0.25, -0.2) is 0 Å². The maximum absolute atomic E-state index is 13.7. The molecule has 0 aliphatic heterocycles. The number of alkyl halides is 27. The van der Waals surface area contributed by atoms with Gasteiger partial charge in [-0.1, -0.05) is 167 Å². The number of aliphatic hydroxyl groups excluding tert-OH is 1. The zero-order valence-corrected chi connectivity index (χ0v) is 76.0. The Balaban J connectivity index is 0.000000765. The number of nitrogens with zero attached hydrogens (tertiary/aromatic N) is 3. The van der Waals surface area contributed by atoms with Gasteiger partial charge >= 0.3 is 75.7 Å². The van der Waals surface area contributed by atoms with Crippen LogP contribution < -0.4 is 21.2 Å². The van der Waals surface area contributed by atoms with Gasteiger partial charge in [-0.3, -0.25) is 31.1 Å². The van der Waals surface area contributed by atoms with Crippen LogP contribution in [0.25, 0.3) is 33.8 Å². The number of carbonyl (C=O) groups is 1. The Kier molecular flexibility index (Phi) is 44.1. The predicted octanol–water partition coefficient (Wildman–Crippen LogP) is 23.8. The van der Waals surface area contributed by atoms with E-state index in [-0.39, 0.29) is 94.4 Å². The molecule has 0 bridgehead atoms. The van der Waals surface area contributed by atoms with Crippen LogP contribution in [0.4, 0.5) is 145 Å². The number of halogens is 33. The molecule has 0 amide bonds. The first kappa shape index (κ1) is 120. The topological polar surface area (TPSA) is 137 Å². The maximum atomic E-state index is 13.7. The van der Waals surface area contributed by atoms with Gasteiger partial charge in [-0.05, 0) is 83.8 Å². The molecule has 718 valence electrons. The minimum Gasteiger partial charge on any atom is 0 e. The smallest absolute Gasteiger partial charge is 0 e. The Bertz CT molecular complexity index is 4670. The van der Waals surface area contributed by atoms with Crippen molar-refractivity contribution in [1.29, 1.82) is 0 Å². The van der Waals surface area contributed by atoms with E-state index in [1.165, 1.54) is 128 Å². The molecule has 0 saturated heterocycles. The van der Waals surface area contributed by atoms with E-state index in [1.807, 2.05) is 41.5 Å². The molecule has 3 aromatic heterocycles. The normalized spacial score (nSPS) is 12.6. The Morgan fingerprint density at radius 2 is 0.554 bits per heavy atom. The summed E-state index contributed by atoms with van der Waals surface area (Å²) >= 11 is 0. The zero-order valence-electron chi connectivity index (χ0n) is 66.6. The van der Waals surface area contributed by atoms with Crippen LogP contribution in [0.2, 0.25) is 0 Å². The van der Waals surface area contributed by atoms with Crippen LogP contribution >= 0.6 is 15.8 Å². The summed E-state index contributed by atoms with van der Waals surface area (Å²) in [5.74, 6) is -10.1. The van der Waals surface area contributed by atoms with Gasteiger partial charge in [0.15, 0.2) is 5.78 Å². The summed E-state index contributed by atoms with van der Waals surface area (Å²) in [5, 5.41) is 38.3. The van der Waals surface area contributed by atoms with Crippen molar-refractivity contribution >= 4 is 42.8 Å². The molecule has 3 radical (unpaired) electrons. The van der Waals surface area contributed by atoms with E-state index >= 15 is 0 Å². The molecule has 7 aromatic carbocycles. The minimum absolute atomic E-state index is 0. The fraction of sp³-hybridized carbons (Fsp3) is 0.274. The van der Waals surface area contributed by atoms with E-state index in [0.717, 1.165) is 0 Å². The van der Waals surface area contributed by atoms with Crippen molar-refractivity contribution < 1.29 is 230 Å². The van der Waals surface area contributed by atoms with Crippen LogP contribution in [0.1, 0.15) is 64.7 Å². The van der Waals surface area contributed by atoms with E-state index < -0.39 is 181 Å². The second kappa shape index (κ2) is 48.0. The molecular formula is C84H69F33Ir3N3O5P2. The minimum atomic E-state index is -5.81. The number of ketones is 1. The summed E-state index contributed by atoms with van der Waals surface area (Å²) in [6.45, 7) is 13.5. The monoisotopic (exact) mass is 2470 g/mol. The third kappa shape index (κ3) is 32.5. The van der Waals surface area contributed by atoms with Crippen LogP contribution in [-0.2, 0) is 83.6 Å². The van der Waals surface area contributed by atoms with Gasteiger partial charge in [0.25, 0.3) is 11.2 Å². The number of hydrogen-bond acceptors (Lipinski definition) is 8. The fourth-order valence-corrected chi connectivity index (χ4v) is 15.6. The Morgan fingerprint density at radius 3 is 0.708 bits per heavy atom. The number of carbonyl (C=O) groups excluding carboxylic acids is 1. The Hall–Kier alpha value is -8.42. The average Bonchev–Trinajstić information content (AvgIpc) is 0.758. The summed E-state index contributed by atoms with van der Waals surface area (Å²) in [6, 6.07) is 51.3. The van der Waals surface area contributed by atoms with Crippen molar-refractivity contribution in [3.63, 3.8) is 0 Å². The summed E-state index contributed by atoms with van der Waals surface area (Å²) in [7, 11) is -5.02. The number of aromatic nitrogens is 3. The van der Waals surface area contributed by atoms with Gasteiger partial charge in [0.05, 0.1) is 72.0 Å². The molecule has 3 heterocycles. The first-order valence-electron chi connectivity index (χ1n) is 35.4. The number of rotatable bonds is 13. The zero-order chi connectivity index (χ0) is 97.1. The van der Waals surface area contributed by atoms with Crippen molar-refractivity contribution in [1.82, 2.24) is 15.0 Å². The molecular weight excluding hydrogens is 2400 g/mol. The molecule has 0 unspecified atom stereocenters. The summed E-state index contributed by atoms with van der Waals surface area (Å²) in [6.07, 6.45) is -49.4. The van der Waals surface area contributed by atoms with Gasteiger partial charge in [-0.15, -0.1) is 42.8 Å². The second-order valence-corrected chi connectivity index (χ2v) is 33.2. The van der Waals surface area contributed by atoms with E-state index in [4.69, 9.17) is 5.11 Å². The van der Waals surface area contributed by atoms with Gasteiger partial charge in [0, 0.05) is 92.4 Å². The van der Waals surface area contributed by atoms with Gasteiger partial charge in [0.2, 0.25) is 5.60 Å². The van der Waals surface area contributed by atoms with Crippen LogP contribution in [0, 0.1) is 70.9 Å². The molecule has 130 heavy (non-hydrogen) atoms. The van der Waals surface area contributed by atoms with Gasteiger partial charge in [0.1, 0.15) is 18.1 Å². The van der Waals surface area contributed by atoms with Crippen LogP contribution in [-0.4, -0.2) is 107 Å². The number of allylic oxidation sites excluding steroid dienone is 2. The number of pyridine rings is 3. The SMILES string of the molecule is CC(C)(C)C(=O)C=C(O)C(C)(C)C.Fc1c[c-]c(-c2ccccn2)c(F)c1C(F)(F)F.Fc1c[c-]c(-c2ccccn2)c(F)c1C(F)(F)F.Fc1c[c-]c(-c2ccccn2)c(F)c1C(F)(F)F.OC(C[PH+](c1ccccc1)c1ccccc1)(C(F)(F)F)C(F)(F)F.OC(C[PH+](c1ccccc1)c1ccccc1)(C(F)(F)F)C(F)(F)F.[CH2-]CC(O)(C(F)(F)F)C(F)(F)F.[IrH+2].[Ir].[Ir]. The third-order valence-electron chi connectivity index (χ3n) is 17.0. The number of aliphatic hydroxyl groups is 4. The standard InChI is InChI=1S/2C16H13F6OP.3C12H5F5N.C11H20O2.C5H5F6O.3Ir.H/c2*17-15(18,19)14(23,16(20,21)22)11-24(12-7-3-1-4-8-12)13-9-5-2-6-10-13;3*13-8-5-4-7(9-3-1-2-6-18-9)11(14)10(8)12(15,16)17;1-10(2,3)8(12)7-9(13)11(4,5)6;1-2-3(12,4(6,7)8)5(9,10)11;;;;/h2*1-10,23H,11H2;3*1-3,5-6H;7,12H,1-6H3;12H,1-2H2;;;;/q;;3*-1;;-1;;;+2;/p+2. The van der Waals surface area contributed by atoms with Crippen LogP contribution in [0.15, 0.2) is 225 Å². The largest absolute Gasteiger partial charge is 0 e. The molecule has 0 fully saturated rings. The molecule has 0 aliphatic rings. The van der Waals surface area contributed by atoms with E-state index in [2.05, 4.69) is 40.1 Å².